The summed E-state index contributed by atoms with van der Waals surface area (Å²) in [6.07, 6.45) is 2.17. The summed E-state index contributed by atoms with van der Waals surface area (Å²) in [5.41, 5.74) is 2.91. The second kappa shape index (κ2) is 5.53. The number of aromatic nitrogens is 1. The van der Waals surface area contributed by atoms with Crippen LogP contribution >= 0.6 is 0 Å². The van der Waals surface area contributed by atoms with Crippen molar-refractivity contribution >= 4 is 5.91 Å². The van der Waals surface area contributed by atoms with Crippen molar-refractivity contribution in [3.8, 4) is 6.07 Å². The number of hydrogen-bond acceptors (Lipinski definition) is 3. The number of carbonyl (C=O) groups is 1. The zero-order chi connectivity index (χ0) is 15.0. The van der Waals surface area contributed by atoms with Gasteiger partial charge in [0.25, 0.3) is 5.91 Å². The van der Waals surface area contributed by atoms with Crippen molar-refractivity contribution in [2.75, 3.05) is 26.3 Å². The molecule has 2 aliphatic heterocycles. The number of hydrogen-bond donors (Lipinski definition) is 0. The number of rotatable bonds is 2. The second-order valence-electron chi connectivity index (χ2n) is 6.06. The zero-order valence-corrected chi connectivity index (χ0v) is 12.6. The van der Waals surface area contributed by atoms with Crippen molar-refractivity contribution in [2.45, 2.75) is 32.7 Å². The van der Waals surface area contributed by atoms with Crippen molar-refractivity contribution in [2.24, 2.45) is 5.92 Å². The summed E-state index contributed by atoms with van der Waals surface area (Å²) in [5.74, 6) is 0.0572. The van der Waals surface area contributed by atoms with Crippen LogP contribution in [0.1, 0.15) is 40.6 Å². The number of likely N-dealkylation sites (tertiary alicyclic amines) is 1. The van der Waals surface area contributed by atoms with Crippen molar-refractivity contribution in [1.29, 1.82) is 5.26 Å². The van der Waals surface area contributed by atoms with E-state index >= 15 is 0 Å². The van der Waals surface area contributed by atoms with Gasteiger partial charge in [-0.3, -0.25) is 4.79 Å². The molecule has 0 spiro atoms. The SMILES string of the molecule is Cc1cc(C(=O)N2CC(C#N)C2)c(C)n1C1CCCOC1. The van der Waals surface area contributed by atoms with E-state index in [2.05, 4.69) is 10.6 Å². The van der Waals surface area contributed by atoms with Crippen LogP contribution in [0.3, 0.4) is 0 Å². The second-order valence-corrected chi connectivity index (χ2v) is 6.06. The molecule has 3 heterocycles. The van der Waals surface area contributed by atoms with Crippen LogP contribution < -0.4 is 0 Å². The Balaban J connectivity index is 1.81. The molecule has 0 bridgehead atoms. The molecule has 1 aromatic heterocycles. The molecule has 5 heteroatoms. The Kier molecular flexibility index (Phi) is 3.73. The molecule has 1 atom stereocenters. The summed E-state index contributed by atoms with van der Waals surface area (Å²) in [6.45, 7) is 6.75. The Morgan fingerprint density at radius 1 is 1.43 bits per heavy atom. The lowest BCUT2D eigenvalue weighted by atomic mass is 10.0. The number of amides is 1. The third kappa shape index (κ3) is 2.44. The smallest absolute Gasteiger partial charge is 0.255 e. The fourth-order valence-electron chi connectivity index (χ4n) is 3.38. The molecule has 0 radical (unpaired) electrons. The molecular weight excluding hydrogens is 266 g/mol. The van der Waals surface area contributed by atoms with Gasteiger partial charge in [-0.25, -0.2) is 0 Å². The number of ether oxygens (including phenoxy) is 1. The Morgan fingerprint density at radius 2 is 2.19 bits per heavy atom. The molecule has 0 saturated carbocycles. The topological polar surface area (TPSA) is 58.3 Å². The molecule has 5 nitrogen and oxygen atoms in total. The molecule has 3 rings (SSSR count). The highest BCUT2D eigenvalue weighted by atomic mass is 16.5. The van der Waals surface area contributed by atoms with Crippen molar-refractivity contribution in [1.82, 2.24) is 9.47 Å². The molecule has 112 valence electrons. The van der Waals surface area contributed by atoms with Gasteiger partial charge in [-0.2, -0.15) is 5.26 Å². The van der Waals surface area contributed by atoms with Crippen LogP contribution in [0.5, 0.6) is 0 Å². The summed E-state index contributed by atoms with van der Waals surface area (Å²) in [7, 11) is 0. The van der Waals surface area contributed by atoms with E-state index in [9.17, 15) is 4.79 Å². The summed E-state index contributed by atoms with van der Waals surface area (Å²) < 4.78 is 7.82. The lowest BCUT2D eigenvalue weighted by molar-refractivity contribution is 0.0557. The first-order valence-electron chi connectivity index (χ1n) is 7.57. The van der Waals surface area contributed by atoms with Gasteiger partial charge in [-0.1, -0.05) is 0 Å². The third-order valence-corrected chi connectivity index (χ3v) is 4.57. The molecule has 2 saturated heterocycles. The lowest BCUT2D eigenvalue weighted by Crippen LogP contribution is -2.49. The van der Waals surface area contributed by atoms with E-state index in [0.29, 0.717) is 19.1 Å². The van der Waals surface area contributed by atoms with Gasteiger partial charge in [0.1, 0.15) is 0 Å². The Morgan fingerprint density at radius 3 is 2.81 bits per heavy atom. The molecular formula is C16H21N3O2. The normalized spacial score (nSPS) is 22.7. The van der Waals surface area contributed by atoms with Crippen LogP contribution in [0.2, 0.25) is 0 Å². The molecule has 1 aromatic rings. The number of nitrogens with zero attached hydrogens (tertiary/aromatic N) is 3. The Hall–Kier alpha value is -1.80. The van der Waals surface area contributed by atoms with Gasteiger partial charge >= 0.3 is 0 Å². The summed E-state index contributed by atoms with van der Waals surface area (Å²) in [4.78, 5) is 14.3. The first-order chi connectivity index (χ1) is 10.1. The molecule has 1 unspecified atom stereocenters. The fourth-order valence-corrected chi connectivity index (χ4v) is 3.38. The predicted molar refractivity (Wildman–Crippen MR) is 78.0 cm³/mol. The van der Waals surface area contributed by atoms with Crippen molar-refractivity contribution in [3.63, 3.8) is 0 Å². The van der Waals surface area contributed by atoms with E-state index in [1.54, 1.807) is 4.90 Å². The van der Waals surface area contributed by atoms with Gasteiger partial charge in [0.05, 0.1) is 30.2 Å². The first-order valence-corrected chi connectivity index (χ1v) is 7.57. The van der Waals surface area contributed by atoms with E-state index in [4.69, 9.17) is 10.00 Å². The average molecular weight is 287 g/mol. The predicted octanol–water partition coefficient (Wildman–Crippen LogP) is 2.05. The van der Waals surface area contributed by atoms with Crippen LogP contribution in [-0.4, -0.2) is 41.7 Å². The molecule has 2 fully saturated rings. The van der Waals surface area contributed by atoms with E-state index in [-0.39, 0.29) is 11.8 Å². The fraction of sp³-hybridized carbons (Fsp3) is 0.625. The van der Waals surface area contributed by atoms with Crippen LogP contribution in [0.25, 0.3) is 0 Å². The molecule has 1 amide bonds. The van der Waals surface area contributed by atoms with E-state index in [0.717, 1.165) is 43.0 Å². The minimum Gasteiger partial charge on any atom is -0.379 e. The number of carbonyl (C=O) groups excluding carboxylic acids is 1. The average Bonchev–Trinajstić information content (AvgIpc) is 2.73. The molecule has 0 aromatic carbocycles. The Labute approximate surface area is 125 Å². The van der Waals surface area contributed by atoms with Gasteiger partial charge in [-0.15, -0.1) is 0 Å². The zero-order valence-electron chi connectivity index (χ0n) is 12.6. The van der Waals surface area contributed by atoms with Crippen LogP contribution in [0, 0.1) is 31.1 Å². The summed E-state index contributed by atoms with van der Waals surface area (Å²) in [5, 5.41) is 8.82. The highest BCUT2D eigenvalue weighted by molar-refractivity contribution is 5.96. The number of nitriles is 1. The maximum atomic E-state index is 12.5. The Bertz CT molecular complexity index is 587. The van der Waals surface area contributed by atoms with Gasteiger partial charge in [0, 0.05) is 31.1 Å². The highest BCUT2D eigenvalue weighted by Gasteiger charge is 2.33. The molecule has 0 N–H and O–H groups in total. The molecule has 21 heavy (non-hydrogen) atoms. The largest absolute Gasteiger partial charge is 0.379 e. The summed E-state index contributed by atoms with van der Waals surface area (Å²) >= 11 is 0. The van der Waals surface area contributed by atoms with Crippen molar-refractivity contribution in [3.05, 3.63) is 23.0 Å². The maximum absolute atomic E-state index is 12.5. The van der Waals surface area contributed by atoms with Crippen LogP contribution in [0.15, 0.2) is 6.07 Å². The van der Waals surface area contributed by atoms with Gasteiger partial charge < -0.3 is 14.2 Å². The quantitative estimate of drug-likeness (QED) is 0.836. The third-order valence-electron chi connectivity index (χ3n) is 4.57. The maximum Gasteiger partial charge on any atom is 0.255 e. The lowest BCUT2D eigenvalue weighted by Gasteiger charge is -2.35. The number of aryl methyl sites for hydroxylation is 1. The highest BCUT2D eigenvalue weighted by Crippen LogP contribution is 2.28. The standard InChI is InChI=1S/C16H21N3O2/c1-11-6-15(16(20)18-8-13(7-17)9-18)12(2)19(11)14-4-3-5-21-10-14/h6,13-14H,3-5,8-10H2,1-2H3. The summed E-state index contributed by atoms with van der Waals surface area (Å²) in [6, 6.07) is 4.52. The van der Waals surface area contributed by atoms with Crippen LogP contribution in [-0.2, 0) is 4.74 Å². The van der Waals surface area contributed by atoms with Gasteiger partial charge in [0.2, 0.25) is 0 Å². The monoisotopic (exact) mass is 287 g/mol. The first kappa shape index (κ1) is 14.2. The van der Waals surface area contributed by atoms with Crippen LogP contribution in [0.4, 0.5) is 0 Å². The van der Waals surface area contributed by atoms with E-state index in [1.807, 2.05) is 19.9 Å². The van der Waals surface area contributed by atoms with Crippen molar-refractivity contribution < 1.29 is 9.53 Å². The van der Waals surface area contributed by atoms with E-state index in [1.165, 1.54) is 0 Å². The van der Waals surface area contributed by atoms with E-state index < -0.39 is 0 Å². The minimum atomic E-state index is 0.00387. The van der Waals surface area contributed by atoms with Gasteiger partial charge in [0.15, 0.2) is 0 Å². The minimum absolute atomic E-state index is 0.00387. The molecule has 2 aliphatic rings. The molecule has 0 aliphatic carbocycles. The van der Waals surface area contributed by atoms with Gasteiger partial charge in [-0.05, 0) is 32.8 Å².